The summed E-state index contributed by atoms with van der Waals surface area (Å²) in [6, 6.07) is 4.09. The number of nitrogens with one attached hydrogen (secondary N) is 1. The lowest BCUT2D eigenvalue weighted by Crippen LogP contribution is -2.33. The number of aromatic nitrogens is 1. The zero-order valence-electron chi connectivity index (χ0n) is 10.9. The Balaban J connectivity index is 2.67. The van der Waals surface area contributed by atoms with Gasteiger partial charge in [0.05, 0.1) is 19.0 Å². The van der Waals surface area contributed by atoms with Crippen LogP contribution in [0.4, 0.5) is 0 Å². The molecule has 0 bridgehead atoms. The van der Waals surface area contributed by atoms with E-state index < -0.39 is 0 Å². The monoisotopic (exact) mass is 233 g/mol. The van der Waals surface area contributed by atoms with Crippen LogP contribution >= 0.6 is 0 Å². The van der Waals surface area contributed by atoms with E-state index in [-0.39, 0.29) is 11.8 Å². The highest BCUT2D eigenvalue weighted by Crippen LogP contribution is 2.11. The molecule has 1 rings (SSSR count). The molecule has 0 fully saturated rings. The minimum atomic E-state index is 0.0964. The lowest BCUT2D eigenvalue weighted by Gasteiger charge is -2.21. The van der Waals surface area contributed by atoms with Crippen LogP contribution in [0.25, 0.3) is 0 Å². The molecule has 17 heavy (non-hydrogen) atoms. The van der Waals surface area contributed by atoms with Gasteiger partial charge in [-0.2, -0.15) is 5.26 Å². The lowest BCUT2D eigenvalue weighted by molar-refractivity contribution is 0.0925. The van der Waals surface area contributed by atoms with Crippen LogP contribution in [0.2, 0.25) is 0 Å². The maximum absolute atomic E-state index is 12.1. The number of H-pyrrole nitrogens is 1. The quantitative estimate of drug-likeness (QED) is 0.792. The van der Waals surface area contributed by atoms with Gasteiger partial charge in [-0.1, -0.05) is 0 Å². The first kappa shape index (κ1) is 13.5. The number of hydrogen-bond acceptors (Lipinski definition) is 3. The first-order chi connectivity index (χ1) is 7.95. The van der Waals surface area contributed by atoms with Crippen molar-refractivity contribution in [3.63, 3.8) is 0 Å². The molecule has 1 heterocycles. The highest BCUT2D eigenvalue weighted by Gasteiger charge is 2.16. The Morgan fingerprint density at radius 1 is 1.59 bits per heavy atom. The highest BCUT2D eigenvalue weighted by molar-refractivity contribution is 5.98. The third kappa shape index (κ3) is 3.43. The van der Waals surface area contributed by atoms with E-state index in [1.54, 1.807) is 0 Å². The van der Waals surface area contributed by atoms with Crippen LogP contribution in [0, 0.1) is 25.2 Å². The van der Waals surface area contributed by atoms with Gasteiger partial charge in [-0.25, -0.2) is 0 Å². The van der Waals surface area contributed by atoms with E-state index in [1.807, 2.05) is 38.8 Å². The molecule has 0 aliphatic heterocycles. The number of aromatic amines is 1. The summed E-state index contributed by atoms with van der Waals surface area (Å²) in [4.78, 5) is 17.1. The Morgan fingerprint density at radius 2 is 2.24 bits per heavy atom. The van der Waals surface area contributed by atoms with Crippen molar-refractivity contribution in [3.05, 3.63) is 23.0 Å². The molecular formula is C13H19N3O. The molecule has 1 aromatic heterocycles. The van der Waals surface area contributed by atoms with Gasteiger partial charge in [0.25, 0.3) is 0 Å². The van der Waals surface area contributed by atoms with Crippen LogP contribution in [-0.4, -0.2) is 35.3 Å². The predicted octanol–water partition coefficient (Wildman–Crippen LogP) is 2.05. The smallest absolute Gasteiger partial charge is 0.178 e. The van der Waals surface area contributed by atoms with Crippen LogP contribution in [0.5, 0.6) is 0 Å². The van der Waals surface area contributed by atoms with Gasteiger partial charge in [-0.05, 0) is 33.9 Å². The molecular weight excluding hydrogens is 214 g/mol. The Hall–Kier alpha value is -1.60. The second kappa shape index (κ2) is 5.65. The molecule has 0 spiro atoms. The van der Waals surface area contributed by atoms with Gasteiger partial charge < -0.3 is 4.98 Å². The SMILES string of the molecule is Cc1cc(C(=O)CN(C)C(C)CC#N)c(C)[nH]1. The molecule has 1 aromatic rings. The lowest BCUT2D eigenvalue weighted by atomic mass is 10.1. The molecule has 0 aliphatic carbocycles. The fourth-order valence-electron chi connectivity index (χ4n) is 1.77. The molecule has 4 nitrogen and oxygen atoms in total. The number of Topliss-reactive ketones (excluding diaryl/α,β-unsaturated/α-hetero) is 1. The first-order valence-corrected chi connectivity index (χ1v) is 5.72. The van der Waals surface area contributed by atoms with Gasteiger partial charge in [-0.3, -0.25) is 9.69 Å². The van der Waals surface area contributed by atoms with E-state index in [9.17, 15) is 4.79 Å². The number of aryl methyl sites for hydroxylation is 2. The maximum Gasteiger partial charge on any atom is 0.178 e. The van der Waals surface area contributed by atoms with Crippen molar-refractivity contribution < 1.29 is 4.79 Å². The van der Waals surface area contributed by atoms with E-state index in [0.29, 0.717) is 13.0 Å². The predicted molar refractivity (Wildman–Crippen MR) is 66.9 cm³/mol. The molecule has 4 heteroatoms. The molecule has 0 aromatic carbocycles. The van der Waals surface area contributed by atoms with Crippen molar-refractivity contribution in [2.45, 2.75) is 33.2 Å². The molecule has 0 radical (unpaired) electrons. The first-order valence-electron chi connectivity index (χ1n) is 5.72. The number of carbonyl (C=O) groups excluding carboxylic acids is 1. The van der Waals surface area contributed by atoms with Crippen molar-refractivity contribution in [1.82, 2.24) is 9.88 Å². The van der Waals surface area contributed by atoms with Gasteiger partial charge in [0.2, 0.25) is 0 Å². The minimum absolute atomic E-state index is 0.0964. The summed E-state index contributed by atoms with van der Waals surface area (Å²) in [5, 5.41) is 8.62. The Morgan fingerprint density at radius 3 is 2.71 bits per heavy atom. The number of nitrogens with zero attached hydrogens (tertiary/aromatic N) is 2. The summed E-state index contributed by atoms with van der Waals surface area (Å²) in [6.07, 6.45) is 0.439. The molecule has 1 atom stereocenters. The third-order valence-corrected chi connectivity index (χ3v) is 2.98. The standard InChI is InChI=1S/C13H19N3O/c1-9-7-12(11(3)15-9)13(17)8-16(4)10(2)5-6-14/h7,10,15H,5,8H2,1-4H3. The van der Waals surface area contributed by atoms with Crippen molar-refractivity contribution in [3.8, 4) is 6.07 Å². The number of ketones is 1. The van der Waals surface area contributed by atoms with Gasteiger partial charge in [0, 0.05) is 23.0 Å². The number of likely N-dealkylation sites (N-methyl/N-ethyl adjacent to an activating group) is 1. The molecule has 1 N–H and O–H groups in total. The Kier molecular flexibility index (Phi) is 4.47. The van der Waals surface area contributed by atoms with Crippen molar-refractivity contribution in [2.24, 2.45) is 0 Å². The zero-order valence-corrected chi connectivity index (χ0v) is 10.9. The van der Waals surface area contributed by atoms with Crippen LogP contribution in [-0.2, 0) is 0 Å². The van der Waals surface area contributed by atoms with Crippen molar-refractivity contribution in [2.75, 3.05) is 13.6 Å². The molecule has 0 saturated heterocycles. The maximum atomic E-state index is 12.1. The second-order valence-electron chi connectivity index (χ2n) is 4.54. The summed E-state index contributed by atoms with van der Waals surface area (Å²) in [5.41, 5.74) is 2.66. The van der Waals surface area contributed by atoms with E-state index in [2.05, 4.69) is 11.1 Å². The largest absolute Gasteiger partial charge is 0.362 e. The molecule has 1 unspecified atom stereocenters. The van der Waals surface area contributed by atoms with Crippen LogP contribution < -0.4 is 0 Å². The normalized spacial score (nSPS) is 12.5. The summed E-state index contributed by atoms with van der Waals surface area (Å²) in [5.74, 6) is 0.0964. The topological polar surface area (TPSA) is 59.9 Å². The number of carbonyl (C=O) groups is 1. The fourth-order valence-corrected chi connectivity index (χ4v) is 1.77. The summed E-state index contributed by atoms with van der Waals surface area (Å²) >= 11 is 0. The summed E-state index contributed by atoms with van der Waals surface area (Å²) in [7, 11) is 1.87. The molecule has 0 saturated carbocycles. The van der Waals surface area contributed by atoms with Crippen molar-refractivity contribution >= 4 is 5.78 Å². The van der Waals surface area contributed by atoms with Crippen molar-refractivity contribution in [1.29, 1.82) is 5.26 Å². The average Bonchev–Trinajstić information content (AvgIpc) is 2.58. The van der Waals surface area contributed by atoms with Gasteiger partial charge in [0.1, 0.15) is 0 Å². The molecule has 92 valence electrons. The summed E-state index contributed by atoms with van der Waals surface area (Å²) in [6.45, 7) is 6.14. The number of rotatable bonds is 5. The Bertz CT molecular complexity index is 442. The summed E-state index contributed by atoms with van der Waals surface area (Å²) < 4.78 is 0. The van der Waals surface area contributed by atoms with E-state index >= 15 is 0 Å². The van der Waals surface area contributed by atoms with Crippen LogP contribution in [0.3, 0.4) is 0 Å². The Labute approximate surface area is 102 Å². The van der Waals surface area contributed by atoms with Gasteiger partial charge >= 0.3 is 0 Å². The fraction of sp³-hybridized carbons (Fsp3) is 0.538. The second-order valence-corrected chi connectivity index (χ2v) is 4.54. The van der Waals surface area contributed by atoms with Crippen LogP contribution in [0.1, 0.15) is 35.1 Å². The van der Waals surface area contributed by atoms with E-state index in [4.69, 9.17) is 5.26 Å². The third-order valence-electron chi connectivity index (χ3n) is 2.98. The minimum Gasteiger partial charge on any atom is -0.362 e. The average molecular weight is 233 g/mol. The number of hydrogen-bond donors (Lipinski definition) is 1. The number of nitriles is 1. The zero-order chi connectivity index (χ0) is 13.0. The molecule has 0 amide bonds. The molecule has 0 aliphatic rings. The van der Waals surface area contributed by atoms with Crippen LogP contribution in [0.15, 0.2) is 6.07 Å². The van der Waals surface area contributed by atoms with Gasteiger partial charge in [0.15, 0.2) is 5.78 Å². The highest BCUT2D eigenvalue weighted by atomic mass is 16.1. The van der Waals surface area contributed by atoms with Gasteiger partial charge in [-0.15, -0.1) is 0 Å². The van der Waals surface area contributed by atoms with E-state index in [0.717, 1.165) is 17.0 Å². The van der Waals surface area contributed by atoms with E-state index in [1.165, 1.54) is 0 Å².